The fourth-order valence-electron chi connectivity index (χ4n) is 1.19. The Labute approximate surface area is 95.2 Å². The van der Waals surface area contributed by atoms with E-state index in [1.54, 1.807) is 0 Å². The summed E-state index contributed by atoms with van der Waals surface area (Å²) in [4.78, 5) is 11.4. The molecule has 0 saturated heterocycles. The van der Waals surface area contributed by atoms with Crippen LogP contribution >= 0.6 is 11.6 Å². The summed E-state index contributed by atoms with van der Waals surface area (Å²) in [5.74, 6) is -0.449. The topological polar surface area (TPSA) is 43.1 Å². The Morgan fingerprint density at radius 3 is 2.44 bits per heavy atom. The fraction of sp³-hybridized carbons (Fsp3) is 0.300. The molecule has 0 bridgehead atoms. The van der Waals surface area contributed by atoms with Gasteiger partial charge in [0.1, 0.15) is 0 Å². The first-order valence-electron chi connectivity index (χ1n) is 4.45. The van der Waals surface area contributed by atoms with Crippen molar-refractivity contribution in [2.24, 2.45) is 5.73 Å². The SMILES string of the molecule is NCCC(=O)c1cc(Cl)cc(C(F)(F)F)c1. The minimum absolute atomic E-state index is 0.00234. The summed E-state index contributed by atoms with van der Waals surface area (Å²) in [6, 6.07) is 2.76. The first kappa shape index (κ1) is 13.0. The van der Waals surface area contributed by atoms with Gasteiger partial charge in [0, 0.05) is 17.0 Å². The van der Waals surface area contributed by atoms with Crippen molar-refractivity contribution in [1.82, 2.24) is 0 Å². The van der Waals surface area contributed by atoms with Gasteiger partial charge in [-0.25, -0.2) is 0 Å². The Bertz CT molecular complexity index is 404. The molecule has 0 aliphatic heterocycles. The van der Waals surface area contributed by atoms with E-state index < -0.39 is 17.5 Å². The monoisotopic (exact) mass is 251 g/mol. The molecule has 1 rings (SSSR count). The molecule has 0 atom stereocenters. The molecule has 0 saturated carbocycles. The number of ketones is 1. The number of carbonyl (C=O) groups excluding carboxylic acids is 1. The first-order valence-corrected chi connectivity index (χ1v) is 4.83. The van der Waals surface area contributed by atoms with Crippen LogP contribution < -0.4 is 5.73 Å². The van der Waals surface area contributed by atoms with Crippen molar-refractivity contribution in [3.05, 3.63) is 34.3 Å². The van der Waals surface area contributed by atoms with Crippen molar-refractivity contribution in [2.45, 2.75) is 12.6 Å². The maximum absolute atomic E-state index is 12.4. The number of hydrogen-bond donors (Lipinski definition) is 1. The van der Waals surface area contributed by atoms with Gasteiger partial charge >= 0.3 is 6.18 Å². The quantitative estimate of drug-likeness (QED) is 0.840. The maximum atomic E-state index is 12.4. The van der Waals surface area contributed by atoms with Crippen LogP contribution in [0.25, 0.3) is 0 Å². The molecular weight excluding hydrogens is 243 g/mol. The standard InChI is InChI=1S/C10H9ClF3NO/c11-8-4-6(9(16)1-2-15)3-7(5-8)10(12,13)14/h3-5H,1-2,15H2. The lowest BCUT2D eigenvalue weighted by Crippen LogP contribution is -2.11. The molecular formula is C10H9ClF3NO. The molecule has 0 spiro atoms. The number of carbonyl (C=O) groups is 1. The molecule has 0 unspecified atom stereocenters. The van der Waals surface area contributed by atoms with E-state index in [-0.39, 0.29) is 23.6 Å². The third kappa shape index (κ3) is 3.21. The van der Waals surface area contributed by atoms with Gasteiger partial charge in [0.15, 0.2) is 5.78 Å². The summed E-state index contributed by atoms with van der Waals surface area (Å²) < 4.78 is 37.2. The lowest BCUT2D eigenvalue weighted by Gasteiger charge is -2.09. The van der Waals surface area contributed by atoms with Crippen LogP contribution in [0, 0.1) is 0 Å². The second kappa shape index (κ2) is 4.84. The summed E-state index contributed by atoms with van der Waals surface area (Å²) in [5.41, 5.74) is 4.16. The highest BCUT2D eigenvalue weighted by molar-refractivity contribution is 6.31. The zero-order valence-corrected chi connectivity index (χ0v) is 8.90. The van der Waals surface area contributed by atoms with E-state index in [2.05, 4.69) is 0 Å². The van der Waals surface area contributed by atoms with Gasteiger partial charge in [0.25, 0.3) is 0 Å². The summed E-state index contributed by atoms with van der Waals surface area (Å²) >= 11 is 5.52. The normalized spacial score (nSPS) is 11.6. The Balaban J connectivity index is 3.13. The highest BCUT2D eigenvalue weighted by atomic mass is 35.5. The van der Waals surface area contributed by atoms with E-state index in [4.69, 9.17) is 17.3 Å². The van der Waals surface area contributed by atoms with Gasteiger partial charge in [-0.05, 0) is 24.7 Å². The predicted octanol–water partition coefficient (Wildman–Crippen LogP) is 2.89. The molecule has 0 amide bonds. The van der Waals surface area contributed by atoms with Crippen molar-refractivity contribution < 1.29 is 18.0 Å². The van der Waals surface area contributed by atoms with Gasteiger partial charge in [-0.3, -0.25) is 4.79 Å². The summed E-state index contributed by atoms with van der Waals surface area (Å²) in [5, 5.41) is -0.116. The molecule has 0 radical (unpaired) electrons. The molecule has 0 aliphatic carbocycles. The second-order valence-electron chi connectivity index (χ2n) is 3.19. The lowest BCUT2D eigenvalue weighted by molar-refractivity contribution is -0.137. The molecule has 2 nitrogen and oxygen atoms in total. The van der Waals surface area contributed by atoms with E-state index in [1.165, 1.54) is 6.07 Å². The van der Waals surface area contributed by atoms with E-state index >= 15 is 0 Å². The number of rotatable bonds is 3. The van der Waals surface area contributed by atoms with Gasteiger partial charge in [-0.2, -0.15) is 13.2 Å². The van der Waals surface area contributed by atoms with Crippen LogP contribution in [0.15, 0.2) is 18.2 Å². The number of benzene rings is 1. The van der Waals surface area contributed by atoms with Gasteiger partial charge < -0.3 is 5.73 Å². The van der Waals surface area contributed by atoms with E-state index in [1.807, 2.05) is 0 Å². The average molecular weight is 252 g/mol. The number of halogens is 4. The van der Waals surface area contributed by atoms with Crippen LogP contribution in [-0.4, -0.2) is 12.3 Å². The predicted molar refractivity (Wildman–Crippen MR) is 54.5 cm³/mol. The zero-order valence-electron chi connectivity index (χ0n) is 8.14. The molecule has 6 heteroatoms. The van der Waals surface area contributed by atoms with Crippen LogP contribution in [0.5, 0.6) is 0 Å². The highest BCUT2D eigenvalue weighted by Gasteiger charge is 2.31. The smallest absolute Gasteiger partial charge is 0.330 e. The number of alkyl halides is 3. The number of nitrogens with two attached hydrogens (primary N) is 1. The summed E-state index contributed by atoms with van der Waals surface area (Å²) in [6.45, 7) is 0.0900. The van der Waals surface area contributed by atoms with Gasteiger partial charge in [-0.15, -0.1) is 0 Å². The van der Waals surface area contributed by atoms with E-state index in [0.29, 0.717) is 0 Å². The minimum atomic E-state index is -4.51. The molecule has 88 valence electrons. The van der Waals surface area contributed by atoms with Crippen molar-refractivity contribution in [3.8, 4) is 0 Å². The van der Waals surface area contributed by atoms with Crippen LogP contribution in [0.2, 0.25) is 5.02 Å². The molecule has 0 aliphatic rings. The number of Topliss-reactive ketones (excluding diaryl/α,β-unsaturated/α-hetero) is 1. The van der Waals surface area contributed by atoms with Crippen molar-refractivity contribution >= 4 is 17.4 Å². The second-order valence-corrected chi connectivity index (χ2v) is 3.62. The first-order chi connectivity index (χ1) is 7.34. The molecule has 1 aromatic carbocycles. The fourth-order valence-corrected chi connectivity index (χ4v) is 1.42. The van der Waals surface area contributed by atoms with Crippen LogP contribution in [0.1, 0.15) is 22.3 Å². The zero-order chi connectivity index (χ0) is 12.3. The Morgan fingerprint density at radius 1 is 1.31 bits per heavy atom. The lowest BCUT2D eigenvalue weighted by atomic mass is 10.0. The number of hydrogen-bond acceptors (Lipinski definition) is 2. The van der Waals surface area contributed by atoms with Gasteiger partial charge in [0.05, 0.1) is 5.56 Å². The summed E-state index contributed by atoms with van der Waals surface area (Å²) in [6.07, 6.45) is -4.51. The Kier molecular flexibility index (Phi) is 3.93. The third-order valence-corrected chi connectivity index (χ3v) is 2.14. The van der Waals surface area contributed by atoms with Crippen molar-refractivity contribution in [1.29, 1.82) is 0 Å². The molecule has 16 heavy (non-hydrogen) atoms. The molecule has 0 fully saturated rings. The van der Waals surface area contributed by atoms with Crippen LogP contribution in [-0.2, 0) is 6.18 Å². The van der Waals surface area contributed by atoms with E-state index in [9.17, 15) is 18.0 Å². The Hall–Kier alpha value is -1.07. The van der Waals surface area contributed by atoms with Crippen LogP contribution in [0.4, 0.5) is 13.2 Å². The van der Waals surface area contributed by atoms with E-state index in [0.717, 1.165) is 12.1 Å². The Morgan fingerprint density at radius 2 is 1.94 bits per heavy atom. The largest absolute Gasteiger partial charge is 0.416 e. The van der Waals surface area contributed by atoms with Crippen molar-refractivity contribution in [3.63, 3.8) is 0 Å². The highest BCUT2D eigenvalue weighted by Crippen LogP contribution is 2.32. The van der Waals surface area contributed by atoms with Gasteiger partial charge in [-0.1, -0.05) is 11.6 Å². The minimum Gasteiger partial charge on any atom is -0.330 e. The molecule has 0 heterocycles. The van der Waals surface area contributed by atoms with Crippen LogP contribution in [0.3, 0.4) is 0 Å². The van der Waals surface area contributed by atoms with Gasteiger partial charge in [0.2, 0.25) is 0 Å². The molecule has 2 N–H and O–H groups in total. The molecule has 1 aromatic rings. The average Bonchev–Trinajstić information content (AvgIpc) is 2.16. The van der Waals surface area contributed by atoms with Crippen molar-refractivity contribution in [2.75, 3.05) is 6.54 Å². The maximum Gasteiger partial charge on any atom is 0.416 e. The third-order valence-electron chi connectivity index (χ3n) is 1.92. The summed E-state index contributed by atoms with van der Waals surface area (Å²) in [7, 11) is 0. The molecule has 0 aromatic heterocycles.